The Morgan fingerprint density at radius 3 is 2.93 bits per heavy atom. The van der Waals surface area contributed by atoms with Crippen LogP contribution in [0, 0.1) is 11.8 Å². The maximum atomic E-state index is 5.66. The summed E-state index contributed by atoms with van der Waals surface area (Å²) in [5.41, 5.74) is 6.94. The minimum Gasteiger partial charge on any atom is -0.384 e. The topological polar surface area (TPSA) is 50.9 Å². The van der Waals surface area contributed by atoms with E-state index in [0.717, 1.165) is 18.3 Å². The lowest BCUT2D eigenvalue weighted by molar-refractivity contribution is 0.479. The van der Waals surface area contributed by atoms with E-state index in [-0.39, 0.29) is 0 Å². The smallest absolute Gasteiger partial charge is 0.123 e. The maximum Gasteiger partial charge on any atom is 0.123 e. The Morgan fingerprint density at radius 2 is 2.40 bits per heavy atom. The monoisotopic (exact) mass is 205 g/mol. The summed E-state index contributed by atoms with van der Waals surface area (Å²) in [6, 6.07) is 4.60. The molecule has 0 aromatic carbocycles. The number of nitrogens with two attached hydrogens (primary N) is 1. The molecule has 0 amide bonds. The van der Waals surface area contributed by atoms with Crippen LogP contribution in [-0.2, 0) is 6.42 Å². The summed E-state index contributed by atoms with van der Waals surface area (Å²) in [6.45, 7) is 2.32. The molecule has 82 valence electrons. The third kappa shape index (κ3) is 2.48. The molecular weight excluding hydrogens is 186 g/mol. The summed E-state index contributed by atoms with van der Waals surface area (Å²) < 4.78 is 0. The van der Waals surface area contributed by atoms with E-state index in [1.165, 1.54) is 12.0 Å². The van der Waals surface area contributed by atoms with E-state index in [9.17, 15) is 0 Å². The molecule has 1 aliphatic carbocycles. The lowest BCUT2D eigenvalue weighted by Crippen LogP contribution is -2.30. The minimum atomic E-state index is 0.585. The van der Waals surface area contributed by atoms with Gasteiger partial charge in [-0.25, -0.2) is 4.98 Å². The Kier molecular flexibility index (Phi) is 2.91. The predicted molar refractivity (Wildman–Crippen MR) is 62.5 cm³/mol. The molecule has 1 heterocycles. The van der Waals surface area contributed by atoms with Gasteiger partial charge in [0.15, 0.2) is 0 Å². The molecule has 3 unspecified atom stereocenters. The third-order valence-electron chi connectivity index (χ3n) is 3.36. The number of hydrogen-bond acceptors (Lipinski definition) is 3. The highest BCUT2D eigenvalue weighted by atomic mass is 14.9. The SMILES string of the molecule is CNC(Cc1ccnc(N)c1)C1CC1C. The van der Waals surface area contributed by atoms with Crippen LogP contribution in [0.5, 0.6) is 0 Å². The second kappa shape index (κ2) is 4.19. The number of anilines is 1. The van der Waals surface area contributed by atoms with Crippen LogP contribution in [-0.4, -0.2) is 18.1 Å². The second-order valence-electron chi connectivity index (χ2n) is 4.57. The first kappa shape index (κ1) is 10.4. The molecule has 1 fully saturated rings. The van der Waals surface area contributed by atoms with Gasteiger partial charge >= 0.3 is 0 Å². The van der Waals surface area contributed by atoms with Crippen molar-refractivity contribution in [3.8, 4) is 0 Å². The fraction of sp³-hybridized carbons (Fsp3) is 0.583. The number of nitrogens with one attached hydrogen (secondary N) is 1. The Balaban J connectivity index is 2.00. The highest BCUT2D eigenvalue weighted by Crippen LogP contribution is 2.41. The zero-order chi connectivity index (χ0) is 10.8. The zero-order valence-corrected chi connectivity index (χ0v) is 9.40. The molecule has 0 saturated heterocycles. The van der Waals surface area contributed by atoms with Crippen LogP contribution in [0.4, 0.5) is 5.82 Å². The molecule has 1 saturated carbocycles. The van der Waals surface area contributed by atoms with E-state index in [1.54, 1.807) is 6.20 Å². The Hall–Kier alpha value is -1.09. The quantitative estimate of drug-likeness (QED) is 0.782. The fourth-order valence-electron chi connectivity index (χ4n) is 2.25. The van der Waals surface area contributed by atoms with Gasteiger partial charge in [-0.3, -0.25) is 0 Å². The van der Waals surface area contributed by atoms with Gasteiger partial charge in [-0.05, 0) is 49.4 Å². The van der Waals surface area contributed by atoms with Crippen LogP contribution in [0.3, 0.4) is 0 Å². The molecular formula is C12H19N3. The van der Waals surface area contributed by atoms with Crippen molar-refractivity contribution in [2.24, 2.45) is 11.8 Å². The highest BCUT2D eigenvalue weighted by molar-refractivity contribution is 5.32. The number of pyridine rings is 1. The summed E-state index contributed by atoms with van der Waals surface area (Å²) in [5.74, 6) is 2.33. The van der Waals surface area contributed by atoms with Gasteiger partial charge in [0.1, 0.15) is 5.82 Å². The van der Waals surface area contributed by atoms with Crippen LogP contribution in [0.1, 0.15) is 18.9 Å². The Bertz CT molecular complexity index is 337. The van der Waals surface area contributed by atoms with Crippen molar-refractivity contribution in [3.05, 3.63) is 23.9 Å². The van der Waals surface area contributed by atoms with Gasteiger partial charge in [0.05, 0.1) is 0 Å². The van der Waals surface area contributed by atoms with Crippen LogP contribution in [0.25, 0.3) is 0 Å². The van der Waals surface area contributed by atoms with Crippen molar-refractivity contribution in [2.75, 3.05) is 12.8 Å². The van der Waals surface area contributed by atoms with E-state index in [1.807, 2.05) is 19.2 Å². The molecule has 0 spiro atoms. The molecule has 0 aliphatic heterocycles. The lowest BCUT2D eigenvalue weighted by atomic mass is 10.0. The summed E-state index contributed by atoms with van der Waals surface area (Å²) in [6.07, 6.45) is 4.19. The molecule has 0 radical (unpaired) electrons. The maximum absolute atomic E-state index is 5.66. The average molecular weight is 205 g/mol. The van der Waals surface area contributed by atoms with Gasteiger partial charge in [0, 0.05) is 12.2 Å². The van der Waals surface area contributed by atoms with E-state index in [2.05, 4.69) is 17.2 Å². The molecule has 3 N–H and O–H groups in total. The first-order chi connectivity index (χ1) is 7.20. The molecule has 3 heteroatoms. The van der Waals surface area contributed by atoms with Gasteiger partial charge in [0.2, 0.25) is 0 Å². The molecule has 3 nitrogen and oxygen atoms in total. The van der Waals surface area contributed by atoms with Crippen LogP contribution >= 0.6 is 0 Å². The predicted octanol–water partition coefficient (Wildman–Crippen LogP) is 1.45. The molecule has 3 atom stereocenters. The number of likely N-dealkylation sites (N-methyl/N-ethyl adjacent to an activating group) is 1. The molecule has 15 heavy (non-hydrogen) atoms. The largest absolute Gasteiger partial charge is 0.384 e. The summed E-state index contributed by atoms with van der Waals surface area (Å²) >= 11 is 0. The van der Waals surface area contributed by atoms with Gasteiger partial charge in [-0.2, -0.15) is 0 Å². The summed E-state index contributed by atoms with van der Waals surface area (Å²) in [7, 11) is 2.04. The molecule has 2 rings (SSSR count). The number of aromatic nitrogens is 1. The summed E-state index contributed by atoms with van der Waals surface area (Å²) in [5, 5.41) is 3.40. The molecule has 0 bridgehead atoms. The second-order valence-corrected chi connectivity index (χ2v) is 4.57. The van der Waals surface area contributed by atoms with Crippen LogP contribution < -0.4 is 11.1 Å². The normalized spacial score (nSPS) is 26.3. The lowest BCUT2D eigenvalue weighted by Gasteiger charge is -2.15. The number of nitrogen functional groups attached to an aromatic ring is 1. The van der Waals surface area contributed by atoms with E-state index < -0.39 is 0 Å². The first-order valence-corrected chi connectivity index (χ1v) is 5.58. The molecule has 1 aromatic heterocycles. The first-order valence-electron chi connectivity index (χ1n) is 5.58. The van der Waals surface area contributed by atoms with Gasteiger partial charge in [-0.1, -0.05) is 6.92 Å². The van der Waals surface area contributed by atoms with Crippen molar-refractivity contribution in [1.82, 2.24) is 10.3 Å². The fourth-order valence-corrected chi connectivity index (χ4v) is 2.25. The third-order valence-corrected chi connectivity index (χ3v) is 3.36. The van der Waals surface area contributed by atoms with Crippen molar-refractivity contribution >= 4 is 5.82 Å². The van der Waals surface area contributed by atoms with Crippen LogP contribution in [0.15, 0.2) is 18.3 Å². The zero-order valence-electron chi connectivity index (χ0n) is 9.40. The van der Waals surface area contributed by atoms with Crippen LogP contribution in [0.2, 0.25) is 0 Å². The van der Waals surface area contributed by atoms with Gasteiger partial charge in [0.25, 0.3) is 0 Å². The molecule has 1 aromatic rings. The standard InChI is InChI=1S/C12H19N3/c1-8-5-10(8)11(14-2)6-9-3-4-15-12(13)7-9/h3-4,7-8,10-11,14H,5-6H2,1-2H3,(H2,13,15). The van der Waals surface area contributed by atoms with Crippen molar-refractivity contribution in [3.63, 3.8) is 0 Å². The van der Waals surface area contributed by atoms with Crippen molar-refractivity contribution in [1.29, 1.82) is 0 Å². The van der Waals surface area contributed by atoms with Crippen molar-refractivity contribution < 1.29 is 0 Å². The van der Waals surface area contributed by atoms with Gasteiger partial charge < -0.3 is 11.1 Å². The minimum absolute atomic E-state index is 0.585. The number of nitrogens with zero attached hydrogens (tertiary/aromatic N) is 1. The average Bonchev–Trinajstić information content (AvgIpc) is 2.92. The van der Waals surface area contributed by atoms with E-state index >= 15 is 0 Å². The Morgan fingerprint density at radius 1 is 1.67 bits per heavy atom. The highest BCUT2D eigenvalue weighted by Gasteiger charge is 2.38. The van der Waals surface area contributed by atoms with E-state index in [0.29, 0.717) is 11.9 Å². The Labute approximate surface area is 91.1 Å². The number of rotatable bonds is 4. The van der Waals surface area contributed by atoms with E-state index in [4.69, 9.17) is 5.73 Å². The molecule has 1 aliphatic rings. The number of hydrogen-bond donors (Lipinski definition) is 2. The summed E-state index contributed by atoms with van der Waals surface area (Å²) in [4.78, 5) is 4.01. The van der Waals surface area contributed by atoms with Crippen molar-refractivity contribution in [2.45, 2.75) is 25.8 Å². The van der Waals surface area contributed by atoms with Gasteiger partial charge in [-0.15, -0.1) is 0 Å².